The van der Waals surface area contributed by atoms with Crippen molar-refractivity contribution in [2.75, 3.05) is 58.4 Å². The van der Waals surface area contributed by atoms with Crippen LogP contribution in [0, 0.1) is 29.6 Å². The summed E-state index contributed by atoms with van der Waals surface area (Å²) in [5.74, 6) is 0.0362. The Kier molecular flexibility index (Phi) is 7.64. The lowest BCUT2D eigenvalue weighted by atomic mass is 9.93. The van der Waals surface area contributed by atoms with Gasteiger partial charge in [-0.1, -0.05) is 0 Å². The highest BCUT2D eigenvalue weighted by Crippen LogP contribution is 2.54. The molecule has 3 fully saturated rings. The number of sulfonamides is 1. The fourth-order valence-corrected chi connectivity index (χ4v) is 6.33. The maximum atomic E-state index is 13.6. The van der Waals surface area contributed by atoms with E-state index in [1.807, 2.05) is 11.8 Å². The summed E-state index contributed by atoms with van der Waals surface area (Å²) in [4.78, 5) is 26.9. The van der Waals surface area contributed by atoms with E-state index in [2.05, 4.69) is 31.0 Å². The summed E-state index contributed by atoms with van der Waals surface area (Å²) in [5.41, 5.74) is 2.57. The molecule has 2 aliphatic heterocycles. The maximum Gasteiger partial charge on any atom is 0.258 e. The molecule has 0 radical (unpaired) electrons. The minimum Gasteiger partial charge on any atom is -0.395 e. The molecule has 1 amide bonds. The van der Waals surface area contributed by atoms with E-state index in [9.17, 15) is 18.5 Å². The van der Waals surface area contributed by atoms with Crippen LogP contribution in [0.2, 0.25) is 0 Å². The number of aromatic nitrogens is 2. The lowest BCUT2D eigenvalue weighted by Crippen LogP contribution is -2.36. The number of aliphatic hydroxyl groups is 1. The van der Waals surface area contributed by atoms with Crippen molar-refractivity contribution in [3.63, 3.8) is 0 Å². The molecule has 2 aromatic rings. The average Bonchev–Trinajstić information content (AvgIpc) is 3.67. The molecule has 0 bridgehead atoms. The van der Waals surface area contributed by atoms with Crippen LogP contribution in [0.15, 0.2) is 24.3 Å². The smallest absolute Gasteiger partial charge is 0.258 e. The van der Waals surface area contributed by atoms with Gasteiger partial charge < -0.3 is 20.2 Å². The SMILES string of the molecule is Cc1cc(NC(=O)c2ccc(NS(=O)(=O)CCO)cc2N2CCC3(CC2)CC3)nc(N2CCC[C@H](C#N)C2)n1. The lowest BCUT2D eigenvalue weighted by Gasteiger charge is -2.35. The van der Waals surface area contributed by atoms with E-state index >= 15 is 0 Å². The zero-order valence-electron chi connectivity index (χ0n) is 22.2. The largest absolute Gasteiger partial charge is 0.395 e. The minimum absolute atomic E-state index is 0.0731. The fraction of sp³-hybridized carbons (Fsp3) is 0.556. The van der Waals surface area contributed by atoms with E-state index in [1.54, 1.807) is 24.3 Å². The Morgan fingerprint density at radius 1 is 1.15 bits per heavy atom. The molecule has 0 unspecified atom stereocenters. The topological polar surface area (TPSA) is 152 Å². The molecule has 12 heteroatoms. The third-order valence-corrected chi connectivity index (χ3v) is 9.24. The standard InChI is InChI=1S/C27H35N7O4S/c1-19-15-24(31-26(29-19)34-10-2-3-20(17-28)18-34)30-25(36)22-5-4-21(32-39(37,38)14-13-35)16-23(22)33-11-8-27(6-7-27)9-12-33/h4-5,15-16,20,32,35H,2-3,6-14,18H2,1H3,(H,29,30,31,36)/t20-/m1/s1. The van der Waals surface area contributed by atoms with Crippen LogP contribution in [0.1, 0.15) is 54.6 Å². The quantitative estimate of drug-likeness (QED) is 0.448. The number of rotatable bonds is 8. The highest BCUT2D eigenvalue weighted by Gasteiger charge is 2.44. The van der Waals surface area contributed by atoms with Crippen molar-refractivity contribution in [2.24, 2.45) is 11.3 Å². The maximum absolute atomic E-state index is 13.6. The van der Waals surface area contributed by atoms with E-state index in [-0.39, 0.29) is 11.8 Å². The van der Waals surface area contributed by atoms with Gasteiger partial charge in [0.05, 0.1) is 41.3 Å². The summed E-state index contributed by atoms with van der Waals surface area (Å²) in [6.45, 7) is 4.25. The van der Waals surface area contributed by atoms with Gasteiger partial charge in [0.1, 0.15) is 5.82 Å². The molecule has 1 aromatic heterocycles. The normalized spacial score (nSPS) is 20.4. The minimum atomic E-state index is -3.71. The van der Waals surface area contributed by atoms with Gasteiger partial charge in [0, 0.05) is 37.9 Å². The van der Waals surface area contributed by atoms with Crippen LogP contribution in [0.3, 0.4) is 0 Å². The molecule has 208 valence electrons. The first-order valence-electron chi connectivity index (χ1n) is 13.5. The predicted molar refractivity (Wildman–Crippen MR) is 149 cm³/mol. The highest BCUT2D eigenvalue weighted by molar-refractivity contribution is 7.92. The molecule has 1 atom stereocenters. The molecular formula is C27H35N7O4S. The van der Waals surface area contributed by atoms with Crippen molar-refractivity contribution in [3.8, 4) is 6.07 Å². The Labute approximate surface area is 229 Å². The molecule has 1 saturated carbocycles. The van der Waals surface area contributed by atoms with Crippen molar-refractivity contribution < 1.29 is 18.3 Å². The molecule has 3 N–H and O–H groups in total. The van der Waals surface area contributed by atoms with Crippen molar-refractivity contribution in [3.05, 3.63) is 35.5 Å². The molecule has 11 nitrogen and oxygen atoms in total. The number of nitrogens with zero attached hydrogens (tertiary/aromatic N) is 5. The van der Waals surface area contributed by atoms with Gasteiger partial charge in [-0.15, -0.1) is 0 Å². The molecule has 5 rings (SSSR count). The Hall–Kier alpha value is -3.43. The van der Waals surface area contributed by atoms with Crippen LogP contribution in [-0.4, -0.2) is 67.9 Å². The van der Waals surface area contributed by atoms with Gasteiger partial charge >= 0.3 is 0 Å². The van der Waals surface area contributed by atoms with Crippen LogP contribution in [0.4, 0.5) is 23.1 Å². The molecule has 1 aliphatic carbocycles. The van der Waals surface area contributed by atoms with Crippen molar-refractivity contribution in [1.29, 1.82) is 5.26 Å². The number of nitriles is 1. The van der Waals surface area contributed by atoms with Crippen molar-refractivity contribution in [2.45, 2.75) is 45.4 Å². The van der Waals surface area contributed by atoms with E-state index in [4.69, 9.17) is 5.11 Å². The number of carbonyl (C=O) groups excluding carboxylic acids is 1. The molecule has 1 spiro atoms. The van der Waals surface area contributed by atoms with E-state index in [0.717, 1.165) is 45.3 Å². The Morgan fingerprint density at radius 2 is 1.92 bits per heavy atom. The lowest BCUT2D eigenvalue weighted by molar-refractivity contribution is 0.102. The summed E-state index contributed by atoms with van der Waals surface area (Å²) in [7, 11) is -3.71. The second kappa shape index (κ2) is 11.0. The van der Waals surface area contributed by atoms with Crippen LogP contribution < -0.4 is 19.8 Å². The third-order valence-electron chi connectivity index (χ3n) is 7.97. The second-order valence-electron chi connectivity index (χ2n) is 10.9. The number of anilines is 4. The number of aliphatic hydroxyl groups excluding tert-OH is 1. The summed E-state index contributed by atoms with van der Waals surface area (Å²) < 4.78 is 27.1. The monoisotopic (exact) mass is 553 g/mol. The van der Waals surface area contributed by atoms with Gasteiger partial charge in [0.25, 0.3) is 5.91 Å². The second-order valence-corrected chi connectivity index (χ2v) is 12.8. The molecule has 39 heavy (non-hydrogen) atoms. The fourth-order valence-electron chi connectivity index (χ4n) is 5.50. The van der Waals surface area contributed by atoms with Crippen LogP contribution in [-0.2, 0) is 10.0 Å². The van der Waals surface area contributed by atoms with E-state index in [1.165, 1.54) is 12.8 Å². The Morgan fingerprint density at radius 3 is 2.62 bits per heavy atom. The average molecular weight is 554 g/mol. The van der Waals surface area contributed by atoms with Crippen molar-refractivity contribution >= 4 is 39.1 Å². The Bertz CT molecular complexity index is 1380. The number of amides is 1. The van der Waals surface area contributed by atoms with E-state index < -0.39 is 22.4 Å². The number of piperidine rings is 2. The third kappa shape index (κ3) is 6.42. The van der Waals surface area contributed by atoms with E-state index in [0.29, 0.717) is 46.4 Å². The van der Waals surface area contributed by atoms with Gasteiger partial charge in [-0.25, -0.2) is 13.4 Å². The van der Waals surface area contributed by atoms with Gasteiger partial charge in [-0.05, 0) is 69.1 Å². The highest BCUT2D eigenvalue weighted by atomic mass is 32.2. The molecule has 3 heterocycles. The number of hydrogen-bond acceptors (Lipinski definition) is 9. The summed E-state index contributed by atoms with van der Waals surface area (Å²) in [6, 6.07) is 8.92. The molecular weight excluding hydrogens is 518 g/mol. The van der Waals surface area contributed by atoms with Crippen molar-refractivity contribution in [1.82, 2.24) is 9.97 Å². The van der Waals surface area contributed by atoms with Crippen LogP contribution in [0.5, 0.6) is 0 Å². The summed E-state index contributed by atoms with van der Waals surface area (Å²) in [6.07, 6.45) is 6.32. The molecule has 3 aliphatic rings. The van der Waals surface area contributed by atoms with Crippen LogP contribution >= 0.6 is 0 Å². The van der Waals surface area contributed by atoms with Gasteiger partial charge in [0.2, 0.25) is 16.0 Å². The van der Waals surface area contributed by atoms with Gasteiger partial charge in [0.15, 0.2) is 0 Å². The number of carbonyl (C=O) groups is 1. The number of aryl methyl sites for hydroxylation is 1. The first-order valence-corrected chi connectivity index (χ1v) is 15.2. The first kappa shape index (κ1) is 27.1. The number of hydrogen-bond donors (Lipinski definition) is 3. The first-order chi connectivity index (χ1) is 18.7. The number of nitrogens with one attached hydrogen (secondary N) is 2. The zero-order chi connectivity index (χ0) is 27.6. The molecule has 2 saturated heterocycles. The summed E-state index contributed by atoms with van der Waals surface area (Å²) >= 11 is 0. The zero-order valence-corrected chi connectivity index (χ0v) is 23.0. The van der Waals surface area contributed by atoms with Gasteiger partial charge in [-0.2, -0.15) is 10.2 Å². The Balaban J connectivity index is 1.40. The van der Waals surface area contributed by atoms with Gasteiger partial charge in [-0.3, -0.25) is 9.52 Å². The number of benzene rings is 1. The van der Waals surface area contributed by atoms with Crippen LogP contribution in [0.25, 0.3) is 0 Å². The summed E-state index contributed by atoms with van der Waals surface area (Å²) in [5, 5.41) is 21.4. The molecule has 1 aromatic carbocycles. The predicted octanol–water partition coefficient (Wildman–Crippen LogP) is 2.89.